The van der Waals surface area contributed by atoms with E-state index >= 15 is 0 Å². The minimum Gasteiger partial charge on any atom is -0.462 e. The van der Waals surface area contributed by atoms with Crippen LogP contribution in [0.2, 0.25) is 0 Å². The number of amides is 1. The predicted molar refractivity (Wildman–Crippen MR) is 107 cm³/mol. The Bertz CT molecular complexity index is 935. The van der Waals surface area contributed by atoms with Gasteiger partial charge in [-0.05, 0) is 50.3 Å². The summed E-state index contributed by atoms with van der Waals surface area (Å²) in [7, 11) is 0. The van der Waals surface area contributed by atoms with Gasteiger partial charge in [-0.15, -0.1) is 11.3 Å². The lowest BCUT2D eigenvalue weighted by Crippen LogP contribution is -2.22. The smallest absolute Gasteiger partial charge is 0.341 e. The standard InChI is InChI=1S/C20H22N2O5S/c1-3-26-20(25)16-12-7-5-9-14(12)28-18(16)22-15(23)10-27-19(24)13-8-4-6-11(2)17(13)21/h4,6,8H,3,5,7,9-10,21H2,1-2H3,(H,22,23). The third-order valence-electron chi connectivity index (χ3n) is 4.53. The fraction of sp³-hybridized carbons (Fsp3) is 0.350. The van der Waals surface area contributed by atoms with E-state index in [1.54, 1.807) is 32.0 Å². The summed E-state index contributed by atoms with van der Waals surface area (Å²) in [5.41, 5.74) is 8.55. The molecule has 1 amide bonds. The maximum absolute atomic E-state index is 12.3. The average Bonchev–Trinajstić information content (AvgIpc) is 3.22. The number of rotatable bonds is 6. The summed E-state index contributed by atoms with van der Waals surface area (Å²) in [5, 5.41) is 3.13. The second-order valence-corrected chi connectivity index (χ2v) is 7.55. The third-order valence-corrected chi connectivity index (χ3v) is 5.74. The fourth-order valence-electron chi connectivity index (χ4n) is 3.14. The molecule has 0 fully saturated rings. The molecular weight excluding hydrogens is 380 g/mol. The van der Waals surface area contributed by atoms with Gasteiger partial charge in [-0.25, -0.2) is 9.59 Å². The molecule has 1 heterocycles. The molecule has 0 atom stereocenters. The predicted octanol–water partition coefficient (Wildman–Crippen LogP) is 3.10. The van der Waals surface area contributed by atoms with E-state index < -0.39 is 24.5 Å². The van der Waals surface area contributed by atoms with Crippen LogP contribution >= 0.6 is 11.3 Å². The Morgan fingerprint density at radius 3 is 2.71 bits per heavy atom. The van der Waals surface area contributed by atoms with Gasteiger partial charge in [0.2, 0.25) is 0 Å². The van der Waals surface area contributed by atoms with Crippen LogP contribution in [0.3, 0.4) is 0 Å². The second-order valence-electron chi connectivity index (χ2n) is 6.44. The summed E-state index contributed by atoms with van der Waals surface area (Å²) in [6, 6.07) is 5.03. The number of hydrogen-bond donors (Lipinski definition) is 2. The largest absolute Gasteiger partial charge is 0.462 e. The van der Waals surface area contributed by atoms with Crippen LogP contribution in [0.25, 0.3) is 0 Å². The van der Waals surface area contributed by atoms with E-state index in [9.17, 15) is 14.4 Å². The Kier molecular flexibility index (Phi) is 5.99. The summed E-state index contributed by atoms with van der Waals surface area (Å²) >= 11 is 1.37. The Morgan fingerprint density at radius 1 is 1.18 bits per heavy atom. The first-order valence-corrected chi connectivity index (χ1v) is 9.87. The van der Waals surface area contributed by atoms with Gasteiger partial charge in [0, 0.05) is 10.6 Å². The molecule has 0 spiro atoms. The van der Waals surface area contributed by atoms with Crippen molar-refractivity contribution in [1.29, 1.82) is 0 Å². The number of thiophene rings is 1. The molecule has 0 aliphatic heterocycles. The van der Waals surface area contributed by atoms with Crippen molar-refractivity contribution >= 4 is 39.9 Å². The highest BCUT2D eigenvalue weighted by atomic mass is 32.1. The Morgan fingerprint density at radius 2 is 1.96 bits per heavy atom. The first-order valence-electron chi connectivity index (χ1n) is 9.06. The number of carbonyl (C=O) groups excluding carboxylic acids is 3. The first kappa shape index (κ1) is 19.9. The van der Waals surface area contributed by atoms with E-state index in [-0.39, 0.29) is 12.2 Å². The lowest BCUT2D eigenvalue weighted by atomic mass is 10.1. The van der Waals surface area contributed by atoms with E-state index in [4.69, 9.17) is 15.2 Å². The van der Waals surface area contributed by atoms with Crippen LogP contribution in [-0.2, 0) is 27.1 Å². The maximum Gasteiger partial charge on any atom is 0.341 e. The highest BCUT2D eigenvalue weighted by Gasteiger charge is 2.28. The molecule has 1 aliphatic carbocycles. The van der Waals surface area contributed by atoms with Crippen LogP contribution < -0.4 is 11.1 Å². The van der Waals surface area contributed by atoms with E-state index in [0.29, 0.717) is 16.3 Å². The molecule has 3 N–H and O–H groups in total. The zero-order chi connectivity index (χ0) is 20.3. The zero-order valence-electron chi connectivity index (χ0n) is 15.8. The van der Waals surface area contributed by atoms with Gasteiger partial charge >= 0.3 is 11.9 Å². The van der Waals surface area contributed by atoms with Gasteiger partial charge in [0.05, 0.1) is 17.7 Å². The number of fused-ring (bicyclic) bond motifs is 1. The number of aryl methyl sites for hydroxylation is 2. The molecule has 0 saturated carbocycles. The molecule has 7 nitrogen and oxygen atoms in total. The number of para-hydroxylation sites is 1. The number of anilines is 2. The molecule has 0 bridgehead atoms. The lowest BCUT2D eigenvalue weighted by molar-refractivity contribution is -0.119. The first-order chi connectivity index (χ1) is 13.4. The summed E-state index contributed by atoms with van der Waals surface area (Å²) in [4.78, 5) is 37.9. The van der Waals surface area contributed by atoms with Crippen molar-refractivity contribution in [3.05, 3.63) is 45.3 Å². The van der Waals surface area contributed by atoms with Crippen molar-refractivity contribution in [2.45, 2.75) is 33.1 Å². The topological polar surface area (TPSA) is 108 Å². The molecule has 2 aromatic rings. The third kappa shape index (κ3) is 4.01. The lowest BCUT2D eigenvalue weighted by Gasteiger charge is -2.10. The molecule has 0 radical (unpaired) electrons. The number of nitrogens with two attached hydrogens (primary N) is 1. The van der Waals surface area contributed by atoms with Crippen molar-refractivity contribution < 1.29 is 23.9 Å². The van der Waals surface area contributed by atoms with Crippen molar-refractivity contribution in [1.82, 2.24) is 0 Å². The normalized spacial score (nSPS) is 12.4. The number of hydrogen-bond acceptors (Lipinski definition) is 7. The van der Waals surface area contributed by atoms with E-state index in [2.05, 4.69) is 5.32 Å². The monoisotopic (exact) mass is 402 g/mol. The molecule has 28 heavy (non-hydrogen) atoms. The van der Waals surface area contributed by atoms with Gasteiger partial charge < -0.3 is 20.5 Å². The molecular formula is C20H22N2O5S. The highest BCUT2D eigenvalue weighted by molar-refractivity contribution is 7.17. The average molecular weight is 402 g/mol. The summed E-state index contributed by atoms with van der Waals surface area (Å²) in [6.07, 6.45) is 2.65. The summed E-state index contributed by atoms with van der Waals surface area (Å²) < 4.78 is 10.2. The van der Waals surface area contributed by atoms with E-state index in [0.717, 1.165) is 35.3 Å². The molecule has 8 heteroatoms. The number of nitrogen functional groups attached to an aromatic ring is 1. The van der Waals surface area contributed by atoms with Gasteiger partial charge in [-0.2, -0.15) is 0 Å². The number of benzene rings is 1. The maximum atomic E-state index is 12.3. The Balaban J connectivity index is 1.68. The van der Waals surface area contributed by atoms with Crippen molar-refractivity contribution in [3.8, 4) is 0 Å². The number of carbonyl (C=O) groups is 3. The molecule has 1 aromatic heterocycles. The Labute approximate surface area is 166 Å². The number of nitrogens with one attached hydrogen (secondary N) is 1. The Hall–Kier alpha value is -2.87. The SMILES string of the molecule is CCOC(=O)c1c(NC(=O)COC(=O)c2cccc(C)c2N)sc2c1CCC2. The zero-order valence-corrected chi connectivity index (χ0v) is 16.6. The van der Waals surface area contributed by atoms with E-state index in [1.807, 2.05) is 0 Å². The van der Waals surface area contributed by atoms with Gasteiger partial charge in [-0.1, -0.05) is 12.1 Å². The van der Waals surface area contributed by atoms with Crippen LogP contribution in [0.1, 0.15) is 50.1 Å². The molecule has 1 aromatic carbocycles. The summed E-state index contributed by atoms with van der Waals surface area (Å²) in [6.45, 7) is 3.30. The molecule has 148 valence electrons. The molecule has 0 saturated heterocycles. The van der Waals surface area contributed by atoms with Gasteiger partial charge in [0.15, 0.2) is 6.61 Å². The fourth-order valence-corrected chi connectivity index (χ4v) is 4.44. The van der Waals surface area contributed by atoms with Gasteiger partial charge in [-0.3, -0.25) is 4.79 Å². The quantitative estimate of drug-likeness (QED) is 0.568. The summed E-state index contributed by atoms with van der Waals surface area (Å²) in [5.74, 6) is -1.64. The molecule has 1 aliphatic rings. The highest BCUT2D eigenvalue weighted by Crippen LogP contribution is 2.39. The van der Waals surface area contributed by atoms with Crippen molar-refractivity contribution in [2.75, 3.05) is 24.3 Å². The van der Waals surface area contributed by atoms with Crippen molar-refractivity contribution in [2.24, 2.45) is 0 Å². The van der Waals surface area contributed by atoms with Crippen LogP contribution in [-0.4, -0.2) is 31.1 Å². The minimum absolute atomic E-state index is 0.218. The second kappa shape index (κ2) is 8.43. The van der Waals surface area contributed by atoms with Crippen LogP contribution in [0, 0.1) is 6.92 Å². The van der Waals surface area contributed by atoms with Gasteiger partial charge in [0.1, 0.15) is 5.00 Å². The van der Waals surface area contributed by atoms with Gasteiger partial charge in [0.25, 0.3) is 5.91 Å². The van der Waals surface area contributed by atoms with Crippen LogP contribution in [0.4, 0.5) is 10.7 Å². The van der Waals surface area contributed by atoms with Crippen LogP contribution in [0.15, 0.2) is 18.2 Å². The minimum atomic E-state index is -0.671. The van der Waals surface area contributed by atoms with Crippen molar-refractivity contribution in [3.63, 3.8) is 0 Å². The number of esters is 2. The molecule has 3 rings (SSSR count). The van der Waals surface area contributed by atoms with Crippen LogP contribution in [0.5, 0.6) is 0 Å². The number of ether oxygens (including phenoxy) is 2. The van der Waals surface area contributed by atoms with E-state index in [1.165, 1.54) is 11.3 Å². The molecule has 0 unspecified atom stereocenters.